The van der Waals surface area contributed by atoms with E-state index in [2.05, 4.69) is 57.8 Å². The Morgan fingerprint density at radius 2 is 1.52 bits per heavy atom. The summed E-state index contributed by atoms with van der Waals surface area (Å²) in [6.45, 7) is 0.823. The molecule has 0 fully saturated rings. The van der Waals surface area contributed by atoms with Gasteiger partial charge in [-0.15, -0.1) is 39.7 Å². The zero-order valence-electron chi connectivity index (χ0n) is 13.4. The predicted molar refractivity (Wildman–Crippen MR) is 113 cm³/mol. The molecule has 0 atom stereocenters. The normalized spacial score (nSPS) is 11.3. The van der Waals surface area contributed by atoms with Crippen molar-refractivity contribution in [1.82, 2.24) is 4.57 Å². The Balaban J connectivity index is 0.00000182. The molecule has 2 aromatic carbocycles. The third-order valence-corrected chi connectivity index (χ3v) is 5.49. The second-order valence-corrected chi connectivity index (χ2v) is 7.18. The molecule has 0 saturated carbocycles. The minimum Gasteiger partial charge on any atom is -0.311 e. The smallest absolute Gasteiger partial charge is 0.190 e. The standard InChI is InChI=1S/C20H16N2S2.BrH/c1-3-8-16(9-4-1)14-22-18(19-12-7-13-23-19)15-24-20(22)21-17-10-5-2-6-11-17;/h1-13,15H,14H2;1H. The van der Waals surface area contributed by atoms with Gasteiger partial charge in [0.2, 0.25) is 0 Å². The topological polar surface area (TPSA) is 17.3 Å². The van der Waals surface area contributed by atoms with E-state index in [1.54, 1.807) is 22.7 Å². The van der Waals surface area contributed by atoms with Crippen LogP contribution in [0.5, 0.6) is 0 Å². The number of rotatable bonds is 4. The van der Waals surface area contributed by atoms with Crippen LogP contribution in [0.25, 0.3) is 10.6 Å². The average molecular weight is 429 g/mol. The van der Waals surface area contributed by atoms with Gasteiger partial charge in [0, 0.05) is 5.38 Å². The van der Waals surface area contributed by atoms with Crippen molar-refractivity contribution in [2.45, 2.75) is 6.54 Å². The number of thiazole rings is 1. The maximum absolute atomic E-state index is 4.85. The molecule has 126 valence electrons. The van der Waals surface area contributed by atoms with Crippen LogP contribution in [0, 0.1) is 0 Å². The lowest BCUT2D eigenvalue weighted by Gasteiger charge is -2.08. The van der Waals surface area contributed by atoms with E-state index in [-0.39, 0.29) is 17.0 Å². The molecule has 4 rings (SSSR count). The summed E-state index contributed by atoms with van der Waals surface area (Å²) in [6, 6.07) is 24.9. The highest BCUT2D eigenvalue weighted by Gasteiger charge is 2.09. The highest BCUT2D eigenvalue weighted by atomic mass is 79.9. The molecule has 0 radical (unpaired) electrons. The van der Waals surface area contributed by atoms with Crippen LogP contribution >= 0.6 is 39.7 Å². The van der Waals surface area contributed by atoms with Gasteiger partial charge < -0.3 is 4.57 Å². The fraction of sp³-hybridized carbons (Fsp3) is 0.0500. The first-order chi connectivity index (χ1) is 11.9. The molecule has 0 spiro atoms. The predicted octanol–water partition coefficient (Wildman–Crippen LogP) is 6.14. The minimum absolute atomic E-state index is 0. The first kappa shape index (κ1) is 17.9. The number of nitrogens with zero attached hydrogens (tertiary/aromatic N) is 2. The van der Waals surface area contributed by atoms with Crippen molar-refractivity contribution in [1.29, 1.82) is 0 Å². The Morgan fingerprint density at radius 3 is 2.20 bits per heavy atom. The monoisotopic (exact) mass is 428 g/mol. The third kappa shape index (κ3) is 4.18. The summed E-state index contributed by atoms with van der Waals surface area (Å²) in [5.41, 5.74) is 3.50. The Kier molecular flexibility index (Phi) is 6.02. The molecule has 4 aromatic rings. The van der Waals surface area contributed by atoms with Gasteiger partial charge in [0.05, 0.1) is 22.8 Å². The van der Waals surface area contributed by atoms with Crippen LogP contribution in [0.2, 0.25) is 0 Å². The molecule has 5 heteroatoms. The van der Waals surface area contributed by atoms with E-state index in [4.69, 9.17) is 4.99 Å². The SMILES string of the molecule is Br.c1ccc(Cn2c(-c3cccs3)csc2=Nc2ccccc2)cc1. The largest absolute Gasteiger partial charge is 0.311 e. The maximum atomic E-state index is 4.85. The van der Waals surface area contributed by atoms with Crippen LogP contribution in [-0.4, -0.2) is 4.57 Å². The van der Waals surface area contributed by atoms with Gasteiger partial charge in [-0.25, -0.2) is 4.99 Å². The Labute approximate surface area is 165 Å². The summed E-state index contributed by atoms with van der Waals surface area (Å²) in [5, 5.41) is 4.32. The Morgan fingerprint density at radius 1 is 0.800 bits per heavy atom. The maximum Gasteiger partial charge on any atom is 0.190 e. The van der Waals surface area contributed by atoms with Crippen LogP contribution in [0.1, 0.15) is 5.56 Å². The lowest BCUT2D eigenvalue weighted by atomic mass is 10.2. The summed E-state index contributed by atoms with van der Waals surface area (Å²) in [7, 11) is 0. The number of para-hydroxylation sites is 1. The fourth-order valence-electron chi connectivity index (χ4n) is 2.57. The highest BCUT2D eigenvalue weighted by molar-refractivity contribution is 8.93. The van der Waals surface area contributed by atoms with E-state index in [1.807, 2.05) is 30.3 Å². The van der Waals surface area contributed by atoms with E-state index in [0.717, 1.165) is 17.0 Å². The molecule has 0 amide bonds. The number of hydrogen-bond donors (Lipinski definition) is 0. The van der Waals surface area contributed by atoms with E-state index >= 15 is 0 Å². The van der Waals surface area contributed by atoms with Gasteiger partial charge in [-0.1, -0.05) is 54.6 Å². The van der Waals surface area contributed by atoms with Crippen molar-refractivity contribution >= 4 is 45.3 Å². The van der Waals surface area contributed by atoms with Gasteiger partial charge in [0.1, 0.15) is 0 Å². The van der Waals surface area contributed by atoms with E-state index in [0.29, 0.717) is 0 Å². The van der Waals surface area contributed by atoms with Gasteiger partial charge >= 0.3 is 0 Å². The summed E-state index contributed by atoms with van der Waals surface area (Å²) >= 11 is 3.46. The number of thiophene rings is 1. The van der Waals surface area contributed by atoms with E-state index in [9.17, 15) is 0 Å². The van der Waals surface area contributed by atoms with Crippen molar-refractivity contribution in [3.8, 4) is 10.6 Å². The summed E-state index contributed by atoms with van der Waals surface area (Å²) in [4.78, 5) is 7.15. The quantitative estimate of drug-likeness (QED) is 0.371. The first-order valence-corrected chi connectivity index (χ1v) is 9.52. The van der Waals surface area contributed by atoms with Gasteiger partial charge in [-0.2, -0.15) is 0 Å². The minimum atomic E-state index is 0. The molecule has 0 bridgehead atoms. The first-order valence-electron chi connectivity index (χ1n) is 7.76. The summed E-state index contributed by atoms with van der Waals surface area (Å²) in [5.74, 6) is 0. The lowest BCUT2D eigenvalue weighted by Crippen LogP contribution is -2.16. The van der Waals surface area contributed by atoms with Gasteiger partial charge in [-0.05, 0) is 29.1 Å². The molecule has 0 saturated heterocycles. The van der Waals surface area contributed by atoms with Crippen LogP contribution in [0.3, 0.4) is 0 Å². The number of benzene rings is 2. The molecule has 2 heterocycles. The van der Waals surface area contributed by atoms with Crippen molar-refractivity contribution in [3.63, 3.8) is 0 Å². The average Bonchev–Trinajstić information content (AvgIpc) is 3.28. The van der Waals surface area contributed by atoms with Crippen molar-refractivity contribution in [2.75, 3.05) is 0 Å². The molecule has 2 nitrogen and oxygen atoms in total. The van der Waals surface area contributed by atoms with Gasteiger partial charge in [0.25, 0.3) is 0 Å². The van der Waals surface area contributed by atoms with E-state index in [1.165, 1.54) is 16.1 Å². The lowest BCUT2D eigenvalue weighted by molar-refractivity contribution is 0.779. The van der Waals surface area contributed by atoms with Crippen LogP contribution in [0.4, 0.5) is 5.69 Å². The Bertz CT molecular complexity index is 971. The zero-order valence-corrected chi connectivity index (χ0v) is 16.8. The van der Waals surface area contributed by atoms with Crippen molar-refractivity contribution in [3.05, 3.63) is 93.9 Å². The Hall–Kier alpha value is -1.95. The second kappa shape index (κ2) is 8.43. The molecular formula is C20H17BrN2S2. The van der Waals surface area contributed by atoms with Crippen molar-refractivity contribution in [2.24, 2.45) is 4.99 Å². The van der Waals surface area contributed by atoms with Crippen LogP contribution < -0.4 is 4.80 Å². The molecule has 0 aliphatic heterocycles. The molecule has 0 unspecified atom stereocenters. The second-order valence-electron chi connectivity index (χ2n) is 5.40. The molecule has 2 aromatic heterocycles. The third-order valence-electron chi connectivity index (χ3n) is 3.74. The fourth-order valence-corrected chi connectivity index (χ4v) is 4.32. The summed E-state index contributed by atoms with van der Waals surface area (Å²) < 4.78 is 2.30. The van der Waals surface area contributed by atoms with Crippen LogP contribution in [-0.2, 0) is 6.54 Å². The molecular weight excluding hydrogens is 412 g/mol. The summed E-state index contributed by atoms with van der Waals surface area (Å²) in [6.07, 6.45) is 0. The molecule has 0 aliphatic carbocycles. The highest BCUT2D eigenvalue weighted by Crippen LogP contribution is 2.26. The molecule has 0 N–H and O–H groups in total. The van der Waals surface area contributed by atoms with Crippen LogP contribution in [0.15, 0.2) is 88.5 Å². The zero-order chi connectivity index (χ0) is 16.2. The van der Waals surface area contributed by atoms with Gasteiger partial charge in [0.15, 0.2) is 4.80 Å². The molecule has 0 aliphatic rings. The van der Waals surface area contributed by atoms with Crippen molar-refractivity contribution < 1.29 is 0 Å². The van der Waals surface area contributed by atoms with Gasteiger partial charge in [-0.3, -0.25) is 0 Å². The number of halogens is 1. The number of aromatic nitrogens is 1. The number of hydrogen-bond acceptors (Lipinski definition) is 3. The molecule has 25 heavy (non-hydrogen) atoms. The van der Waals surface area contributed by atoms with E-state index < -0.39 is 0 Å².